The molecule has 3 amide bonds. The summed E-state index contributed by atoms with van der Waals surface area (Å²) in [5, 5.41) is 6.06. The Morgan fingerprint density at radius 1 is 0.943 bits per heavy atom. The third kappa shape index (κ3) is 6.41. The van der Waals surface area contributed by atoms with E-state index in [2.05, 4.69) is 41.8 Å². The van der Waals surface area contributed by atoms with Crippen molar-refractivity contribution in [2.75, 3.05) is 25.5 Å². The van der Waals surface area contributed by atoms with Gasteiger partial charge < -0.3 is 20.3 Å². The van der Waals surface area contributed by atoms with Gasteiger partial charge in [-0.1, -0.05) is 65.7 Å². The highest BCUT2D eigenvalue weighted by Gasteiger charge is 2.34. The first kappa shape index (κ1) is 24.3. The fraction of sp³-hybridized carbons (Fsp3) is 0.310. The van der Waals surface area contributed by atoms with Crippen molar-refractivity contribution in [3.05, 3.63) is 95.1 Å². The molecule has 0 spiro atoms. The van der Waals surface area contributed by atoms with Gasteiger partial charge in [0, 0.05) is 37.3 Å². The van der Waals surface area contributed by atoms with Gasteiger partial charge in [0.05, 0.1) is 13.0 Å². The topological polar surface area (TPSA) is 70.7 Å². The maximum absolute atomic E-state index is 13.2. The maximum atomic E-state index is 13.2. The summed E-state index contributed by atoms with van der Waals surface area (Å²) in [6.07, 6.45) is 0.700. The molecule has 0 bridgehead atoms. The van der Waals surface area contributed by atoms with Crippen LogP contribution in [0.4, 0.5) is 10.5 Å². The normalized spacial score (nSPS) is 17.5. The third-order valence-corrected chi connectivity index (χ3v) is 6.49. The number of ether oxygens (including phenoxy) is 1. The molecule has 35 heavy (non-hydrogen) atoms. The summed E-state index contributed by atoms with van der Waals surface area (Å²) in [7, 11) is 1.60. The van der Waals surface area contributed by atoms with Crippen LogP contribution in [0.15, 0.2) is 72.8 Å². The molecule has 2 N–H and O–H groups in total. The van der Waals surface area contributed by atoms with Crippen LogP contribution in [0.2, 0.25) is 0 Å². The number of likely N-dealkylation sites (tertiary alicyclic amines) is 1. The molecule has 1 aliphatic heterocycles. The lowest BCUT2D eigenvalue weighted by Crippen LogP contribution is -2.49. The SMILES string of the molecule is COc1cccc(NC(=O)N2CC(C(=O)NCc3cccc(C)c3)CC(c3cccc(C)c3)C2)c1. The number of amides is 3. The van der Waals surface area contributed by atoms with Crippen LogP contribution in [-0.2, 0) is 11.3 Å². The molecule has 6 heteroatoms. The standard InChI is InChI=1S/C29H33N3O3/c1-20-7-4-9-22(13-20)17-30-28(33)25-15-24(23-10-5-8-21(2)14-23)18-32(19-25)29(34)31-26-11-6-12-27(16-26)35-3/h4-14,16,24-25H,15,17-19H2,1-3H3,(H,30,33)(H,31,34). The van der Waals surface area contributed by atoms with E-state index < -0.39 is 0 Å². The van der Waals surface area contributed by atoms with Gasteiger partial charge in [0.25, 0.3) is 0 Å². The van der Waals surface area contributed by atoms with Gasteiger partial charge in [-0.15, -0.1) is 0 Å². The first-order valence-corrected chi connectivity index (χ1v) is 12.0. The van der Waals surface area contributed by atoms with Crippen LogP contribution < -0.4 is 15.4 Å². The molecular weight excluding hydrogens is 438 g/mol. The molecule has 182 valence electrons. The van der Waals surface area contributed by atoms with Crippen molar-refractivity contribution in [3.8, 4) is 5.75 Å². The summed E-state index contributed by atoms with van der Waals surface area (Å²) in [4.78, 5) is 28.2. The number of benzene rings is 3. The van der Waals surface area contributed by atoms with Crippen LogP contribution in [0.1, 0.15) is 34.6 Å². The lowest BCUT2D eigenvalue weighted by atomic mass is 9.83. The number of hydrogen-bond donors (Lipinski definition) is 2. The molecule has 4 rings (SSSR count). The van der Waals surface area contributed by atoms with Crippen LogP contribution in [-0.4, -0.2) is 37.0 Å². The number of nitrogens with zero attached hydrogens (tertiary/aromatic N) is 1. The molecule has 2 unspecified atom stereocenters. The first-order chi connectivity index (χ1) is 16.9. The molecular formula is C29H33N3O3. The quantitative estimate of drug-likeness (QED) is 0.515. The lowest BCUT2D eigenvalue weighted by Gasteiger charge is -2.37. The zero-order chi connectivity index (χ0) is 24.8. The highest BCUT2D eigenvalue weighted by molar-refractivity contribution is 5.90. The monoisotopic (exact) mass is 471 g/mol. The van der Waals surface area contributed by atoms with Crippen molar-refractivity contribution in [1.29, 1.82) is 0 Å². The molecule has 3 aromatic carbocycles. The fourth-order valence-corrected chi connectivity index (χ4v) is 4.68. The second-order valence-electron chi connectivity index (χ2n) is 9.32. The molecule has 0 saturated carbocycles. The summed E-state index contributed by atoms with van der Waals surface area (Å²) >= 11 is 0. The second-order valence-corrected chi connectivity index (χ2v) is 9.32. The summed E-state index contributed by atoms with van der Waals surface area (Å²) in [6, 6.07) is 23.5. The highest BCUT2D eigenvalue weighted by atomic mass is 16.5. The Morgan fingerprint density at radius 2 is 1.69 bits per heavy atom. The predicted octanol–water partition coefficient (Wildman–Crippen LogP) is 5.27. The predicted molar refractivity (Wildman–Crippen MR) is 139 cm³/mol. The van der Waals surface area contributed by atoms with E-state index in [1.54, 1.807) is 18.1 Å². The average molecular weight is 472 g/mol. The molecule has 0 aliphatic carbocycles. The average Bonchev–Trinajstić information content (AvgIpc) is 2.87. The van der Waals surface area contributed by atoms with E-state index in [4.69, 9.17) is 4.74 Å². The molecule has 3 aromatic rings. The summed E-state index contributed by atoms with van der Waals surface area (Å²) < 4.78 is 5.27. The molecule has 1 saturated heterocycles. The number of urea groups is 1. The van der Waals surface area contributed by atoms with Gasteiger partial charge in [0.15, 0.2) is 0 Å². The number of hydrogen-bond acceptors (Lipinski definition) is 3. The molecule has 1 heterocycles. The summed E-state index contributed by atoms with van der Waals surface area (Å²) in [6.45, 7) is 5.50. The van der Waals surface area contributed by atoms with Gasteiger partial charge in [-0.25, -0.2) is 4.79 Å². The van der Waals surface area contributed by atoms with Crippen molar-refractivity contribution in [1.82, 2.24) is 10.2 Å². The van der Waals surface area contributed by atoms with Gasteiger partial charge in [-0.05, 0) is 43.5 Å². The molecule has 1 aliphatic rings. The highest BCUT2D eigenvalue weighted by Crippen LogP contribution is 2.31. The largest absolute Gasteiger partial charge is 0.497 e. The number of carbonyl (C=O) groups excluding carboxylic acids is 2. The Hall–Kier alpha value is -3.80. The molecule has 0 aromatic heterocycles. The Bertz CT molecular complexity index is 1190. The summed E-state index contributed by atoms with van der Waals surface area (Å²) in [5.74, 6) is 0.431. The molecule has 1 fully saturated rings. The zero-order valence-corrected chi connectivity index (χ0v) is 20.6. The fourth-order valence-electron chi connectivity index (χ4n) is 4.68. The van der Waals surface area contributed by atoms with Gasteiger partial charge in [-0.2, -0.15) is 0 Å². The lowest BCUT2D eigenvalue weighted by molar-refractivity contribution is -0.126. The number of anilines is 1. The zero-order valence-electron chi connectivity index (χ0n) is 20.6. The summed E-state index contributed by atoms with van der Waals surface area (Å²) in [5.41, 5.74) is 5.21. The molecule has 6 nitrogen and oxygen atoms in total. The second kappa shape index (κ2) is 11.1. The van der Waals surface area contributed by atoms with Crippen molar-refractivity contribution in [3.63, 3.8) is 0 Å². The maximum Gasteiger partial charge on any atom is 0.321 e. The Morgan fingerprint density at radius 3 is 2.43 bits per heavy atom. The van der Waals surface area contributed by atoms with Crippen LogP contribution in [0, 0.1) is 19.8 Å². The van der Waals surface area contributed by atoms with Gasteiger partial charge >= 0.3 is 6.03 Å². The minimum Gasteiger partial charge on any atom is -0.497 e. The van der Waals surface area contributed by atoms with E-state index in [9.17, 15) is 9.59 Å². The third-order valence-electron chi connectivity index (χ3n) is 6.49. The van der Waals surface area contributed by atoms with Gasteiger partial charge in [-0.3, -0.25) is 4.79 Å². The minimum absolute atomic E-state index is 0.0250. The number of nitrogens with one attached hydrogen (secondary N) is 2. The van der Waals surface area contributed by atoms with E-state index in [-0.39, 0.29) is 23.8 Å². The number of rotatable bonds is 6. The van der Waals surface area contributed by atoms with Crippen molar-refractivity contribution >= 4 is 17.6 Å². The van der Waals surface area contributed by atoms with Crippen molar-refractivity contribution in [2.45, 2.75) is 32.7 Å². The van der Waals surface area contributed by atoms with E-state index >= 15 is 0 Å². The van der Waals surface area contributed by atoms with Crippen LogP contribution >= 0.6 is 0 Å². The van der Waals surface area contributed by atoms with E-state index in [1.807, 2.05) is 49.4 Å². The molecule has 2 atom stereocenters. The molecule has 0 radical (unpaired) electrons. The number of methoxy groups -OCH3 is 1. The number of aryl methyl sites for hydroxylation is 2. The van der Waals surface area contributed by atoms with Crippen LogP contribution in [0.25, 0.3) is 0 Å². The Balaban J connectivity index is 1.50. The number of piperidine rings is 1. The minimum atomic E-state index is -0.296. The van der Waals surface area contributed by atoms with Crippen LogP contribution in [0.3, 0.4) is 0 Å². The number of carbonyl (C=O) groups is 2. The van der Waals surface area contributed by atoms with Crippen molar-refractivity contribution < 1.29 is 14.3 Å². The van der Waals surface area contributed by atoms with E-state index in [1.165, 1.54) is 5.56 Å². The Labute approximate surface area is 207 Å². The van der Waals surface area contributed by atoms with Crippen LogP contribution in [0.5, 0.6) is 5.75 Å². The van der Waals surface area contributed by atoms with E-state index in [0.29, 0.717) is 37.5 Å². The first-order valence-electron chi connectivity index (χ1n) is 12.0. The van der Waals surface area contributed by atoms with Crippen molar-refractivity contribution in [2.24, 2.45) is 5.92 Å². The van der Waals surface area contributed by atoms with E-state index in [0.717, 1.165) is 16.7 Å². The Kier molecular flexibility index (Phi) is 7.70. The van der Waals surface area contributed by atoms with Gasteiger partial charge in [0.2, 0.25) is 5.91 Å². The van der Waals surface area contributed by atoms with Gasteiger partial charge in [0.1, 0.15) is 5.75 Å². The smallest absolute Gasteiger partial charge is 0.321 e.